The maximum atomic E-state index is 12.1. The topological polar surface area (TPSA) is 173 Å². The largest absolute Gasteiger partial charge is 0.508 e. The molecule has 6 aromatic rings. The molecule has 2 saturated heterocycles. The average molecular weight is 992 g/mol. The molecule has 68 heavy (non-hydrogen) atoms. The fraction of sp³-hybridized carbons (Fsp3) is 0.377. The Morgan fingerprint density at radius 2 is 1.31 bits per heavy atom. The Morgan fingerprint density at radius 3 is 1.81 bits per heavy atom. The summed E-state index contributed by atoms with van der Waals surface area (Å²) < 4.78 is 32.6. The van der Waals surface area contributed by atoms with Gasteiger partial charge in [0.2, 0.25) is 0 Å². The minimum atomic E-state index is -0.718. The van der Waals surface area contributed by atoms with E-state index in [0.29, 0.717) is 45.4 Å². The smallest absolute Gasteiger partial charge is 0.466 e. The van der Waals surface area contributed by atoms with Crippen LogP contribution in [0.1, 0.15) is 71.1 Å². The average Bonchev–Trinajstić information content (AvgIpc) is 3.83. The number of hydrogen-bond donors (Lipinski definition) is 2. The highest BCUT2D eigenvalue weighted by atomic mass is 79.9. The van der Waals surface area contributed by atoms with E-state index in [4.69, 9.17) is 33.4 Å². The van der Waals surface area contributed by atoms with Crippen LogP contribution in [0.4, 0.5) is 4.79 Å². The van der Waals surface area contributed by atoms with Crippen LogP contribution in [0.5, 0.6) is 0 Å². The number of ether oxygens (including phenoxy) is 4. The van der Waals surface area contributed by atoms with Crippen LogP contribution in [0.3, 0.4) is 0 Å². The van der Waals surface area contributed by atoms with Gasteiger partial charge in [-0.25, -0.2) is 4.79 Å². The Morgan fingerprint density at radius 1 is 0.779 bits per heavy atom. The number of aliphatic hydroxyl groups excluding tert-OH is 2. The lowest BCUT2D eigenvalue weighted by molar-refractivity contribution is -0.143. The molecule has 15 heteroatoms. The third kappa shape index (κ3) is 13.7. The van der Waals surface area contributed by atoms with E-state index >= 15 is 0 Å². The van der Waals surface area contributed by atoms with Crippen molar-refractivity contribution in [2.45, 2.75) is 103 Å². The van der Waals surface area contributed by atoms with Gasteiger partial charge in [-0.15, -0.1) is 0 Å². The number of hydrogen-bond acceptors (Lipinski definition) is 13. The second-order valence-electron chi connectivity index (χ2n) is 17.5. The van der Waals surface area contributed by atoms with Crippen molar-refractivity contribution in [2.24, 2.45) is 0 Å². The van der Waals surface area contributed by atoms with Gasteiger partial charge in [0.05, 0.1) is 61.0 Å². The molecule has 4 heterocycles. The third-order valence-electron chi connectivity index (χ3n) is 12.0. The van der Waals surface area contributed by atoms with Gasteiger partial charge < -0.3 is 38.5 Å². The van der Waals surface area contributed by atoms with Crippen molar-refractivity contribution in [1.82, 2.24) is 9.97 Å². The molecule has 0 amide bonds. The standard InChI is InChI=1S/C23H25NO4.C19H16BrNO2.C11H19BO5/c1-2-28-22(27)13-18-14-24-21-9-4-3-8-20(21)23(18)17-7-5-6-16(12-17)10-11-19(26)15-25;1-2-23-18(22)11-14-12-21-17-9-4-3-8-16(17)19(14)13-6-5-7-15(20)10-13;1-10(2)11(3,4)17-12(16-10)6-5-8-7-14-9(13)15-8/h3-9,12,14,19,25-26H,2,10-11,13,15H2,1H3;3-10,12H,2,11H2,1H3;8H,5-7H2,1-4H3. The van der Waals surface area contributed by atoms with Crippen LogP contribution in [-0.4, -0.2) is 95.2 Å². The van der Waals surface area contributed by atoms with Crippen LogP contribution >= 0.6 is 15.9 Å². The number of esters is 2. The van der Waals surface area contributed by atoms with Gasteiger partial charge in [0.25, 0.3) is 0 Å². The molecular formula is C53H60BBrN2O11. The number of carbonyl (C=O) groups is 3. The van der Waals surface area contributed by atoms with E-state index in [0.717, 1.165) is 65.2 Å². The minimum Gasteiger partial charge on any atom is -0.466 e. The molecule has 2 aliphatic heterocycles. The van der Waals surface area contributed by atoms with Crippen molar-refractivity contribution in [1.29, 1.82) is 0 Å². The molecule has 13 nitrogen and oxygen atoms in total. The van der Waals surface area contributed by atoms with E-state index in [2.05, 4.69) is 38.0 Å². The summed E-state index contributed by atoms with van der Waals surface area (Å²) in [5.41, 5.74) is 7.99. The van der Waals surface area contributed by atoms with Crippen LogP contribution < -0.4 is 0 Å². The van der Waals surface area contributed by atoms with Crippen molar-refractivity contribution < 1.29 is 52.9 Å². The first kappa shape index (κ1) is 51.7. The van der Waals surface area contributed by atoms with Crippen molar-refractivity contribution in [3.8, 4) is 22.3 Å². The minimum absolute atomic E-state index is 0.161. The molecule has 2 N–H and O–H groups in total. The quantitative estimate of drug-likeness (QED) is 0.0566. The number of aryl methyl sites for hydroxylation is 1. The second kappa shape index (κ2) is 24.0. The summed E-state index contributed by atoms with van der Waals surface area (Å²) in [4.78, 5) is 43.8. The number of aromatic nitrogens is 2. The van der Waals surface area contributed by atoms with Gasteiger partial charge in [-0.2, -0.15) is 0 Å². The van der Waals surface area contributed by atoms with Gasteiger partial charge in [-0.3, -0.25) is 19.6 Å². The molecule has 8 rings (SSSR count). The van der Waals surface area contributed by atoms with Gasteiger partial charge in [0, 0.05) is 27.6 Å². The molecule has 2 aliphatic rings. The Hall–Kier alpha value is -5.71. The first-order chi connectivity index (χ1) is 32.6. The highest BCUT2D eigenvalue weighted by Gasteiger charge is 2.51. The normalized spacial score (nSPS) is 16.2. The molecule has 2 fully saturated rings. The number of para-hydroxylation sites is 2. The number of fused-ring (bicyclic) bond motifs is 2. The SMILES string of the molecule is CC1(C)OB(CCC2COC(=O)O2)OC1(C)C.CCOC(=O)Cc1cnc2ccccc2c1-c1cccc(Br)c1.CCOC(=O)Cc1cnc2ccccc2c1-c1cccc(CCC(O)CO)c1. The fourth-order valence-electron chi connectivity index (χ4n) is 7.91. The number of benzene rings is 4. The molecule has 0 aliphatic carbocycles. The molecule has 4 aromatic carbocycles. The molecule has 358 valence electrons. The van der Waals surface area contributed by atoms with E-state index in [-0.39, 0.29) is 55.8 Å². The second-order valence-corrected chi connectivity index (χ2v) is 18.4. The number of nitrogens with zero attached hydrogens (tertiary/aromatic N) is 2. The zero-order valence-electron chi connectivity index (χ0n) is 39.5. The molecule has 0 bridgehead atoms. The van der Waals surface area contributed by atoms with Gasteiger partial charge in [0.1, 0.15) is 12.7 Å². The van der Waals surface area contributed by atoms with Crippen LogP contribution in [0.15, 0.2) is 114 Å². The van der Waals surface area contributed by atoms with Crippen molar-refractivity contribution in [3.05, 3.63) is 131 Å². The zero-order chi connectivity index (χ0) is 48.8. The van der Waals surface area contributed by atoms with E-state index in [1.807, 2.05) is 120 Å². The lowest BCUT2D eigenvalue weighted by atomic mass is 9.82. The maximum Gasteiger partial charge on any atom is 0.508 e. The zero-order valence-corrected chi connectivity index (χ0v) is 41.1. The van der Waals surface area contributed by atoms with Crippen molar-refractivity contribution >= 4 is 62.9 Å². The van der Waals surface area contributed by atoms with Gasteiger partial charge in [-0.1, -0.05) is 88.7 Å². The van der Waals surface area contributed by atoms with E-state index in [1.54, 1.807) is 19.3 Å². The highest BCUT2D eigenvalue weighted by molar-refractivity contribution is 9.10. The van der Waals surface area contributed by atoms with Gasteiger partial charge >= 0.3 is 25.2 Å². The Kier molecular flexibility index (Phi) is 18.3. The summed E-state index contributed by atoms with van der Waals surface area (Å²) in [5, 5.41) is 20.7. The van der Waals surface area contributed by atoms with Gasteiger partial charge in [0.15, 0.2) is 0 Å². The number of halogens is 1. The predicted octanol–water partition coefficient (Wildman–Crippen LogP) is 10.1. The lowest BCUT2D eigenvalue weighted by Gasteiger charge is -2.32. The molecule has 2 atom stereocenters. The lowest BCUT2D eigenvalue weighted by Crippen LogP contribution is -2.41. The van der Waals surface area contributed by atoms with Crippen LogP contribution in [-0.2, 0) is 57.1 Å². The summed E-state index contributed by atoms with van der Waals surface area (Å²) in [7, 11) is -0.237. The Labute approximate surface area is 406 Å². The monoisotopic (exact) mass is 990 g/mol. The summed E-state index contributed by atoms with van der Waals surface area (Å²) in [6, 6.07) is 32.0. The number of aliphatic hydroxyl groups is 2. The first-order valence-electron chi connectivity index (χ1n) is 23.0. The Bertz CT molecular complexity index is 2660. The van der Waals surface area contributed by atoms with E-state index < -0.39 is 12.3 Å². The number of carbonyl (C=O) groups excluding carboxylic acids is 3. The first-order valence-corrected chi connectivity index (χ1v) is 23.8. The molecule has 0 spiro atoms. The number of cyclic esters (lactones) is 2. The maximum absolute atomic E-state index is 12.1. The van der Waals surface area contributed by atoms with Crippen molar-refractivity contribution in [2.75, 3.05) is 26.4 Å². The summed E-state index contributed by atoms with van der Waals surface area (Å²) >= 11 is 3.52. The van der Waals surface area contributed by atoms with Crippen LogP contribution in [0.2, 0.25) is 6.32 Å². The van der Waals surface area contributed by atoms with Crippen LogP contribution in [0.25, 0.3) is 44.1 Å². The summed E-state index contributed by atoms with van der Waals surface area (Å²) in [6.45, 7) is 12.5. The fourth-order valence-corrected chi connectivity index (χ4v) is 8.31. The molecule has 2 unspecified atom stereocenters. The van der Waals surface area contributed by atoms with Crippen LogP contribution in [0, 0.1) is 0 Å². The highest BCUT2D eigenvalue weighted by Crippen LogP contribution is 2.39. The van der Waals surface area contributed by atoms with E-state index in [9.17, 15) is 19.5 Å². The number of rotatable bonds is 15. The summed E-state index contributed by atoms with van der Waals surface area (Å²) in [6.07, 6.45) is 4.99. The molecule has 2 aromatic heterocycles. The third-order valence-corrected chi connectivity index (χ3v) is 12.5. The predicted molar refractivity (Wildman–Crippen MR) is 266 cm³/mol. The molecule has 0 radical (unpaired) electrons. The summed E-state index contributed by atoms with van der Waals surface area (Å²) in [5.74, 6) is -0.510. The number of pyridine rings is 2. The molecular weight excluding hydrogens is 931 g/mol. The Balaban J connectivity index is 0.000000173. The molecule has 0 saturated carbocycles. The van der Waals surface area contributed by atoms with Gasteiger partial charge in [-0.05, 0) is 130 Å². The van der Waals surface area contributed by atoms with Crippen molar-refractivity contribution in [3.63, 3.8) is 0 Å². The van der Waals surface area contributed by atoms with E-state index in [1.165, 1.54) is 0 Å².